The molecule has 3 aromatic rings. The van der Waals surface area contributed by atoms with Gasteiger partial charge in [0.1, 0.15) is 8.07 Å². The van der Waals surface area contributed by atoms with Crippen LogP contribution in [0.3, 0.4) is 0 Å². The highest BCUT2D eigenvalue weighted by atomic mass is 28.3. The summed E-state index contributed by atoms with van der Waals surface area (Å²) in [7, 11) is -1.34. The number of hydrogen-bond donors (Lipinski definition) is 0. The molecular weight excluding hydrogens is 284 g/mol. The average Bonchev–Trinajstić information content (AvgIpc) is 2.88. The second-order valence-electron chi connectivity index (χ2n) is 6.56. The summed E-state index contributed by atoms with van der Waals surface area (Å²) in [4.78, 5) is 4.53. The van der Waals surface area contributed by atoms with E-state index in [4.69, 9.17) is 0 Å². The Kier molecular flexibility index (Phi) is 3.87. The maximum absolute atomic E-state index is 4.53. The van der Waals surface area contributed by atoms with E-state index in [1.807, 2.05) is 12.4 Å². The normalized spacial score (nSPS) is 11.2. The molecular formula is C19H20N2Si. The SMILES string of the molecule is C[Si](C)(C)C#Cc1ccc2c(c1)ncn2Cc1ccccc1. The lowest BCUT2D eigenvalue weighted by atomic mass is 10.2. The van der Waals surface area contributed by atoms with Crippen LogP contribution in [0.2, 0.25) is 19.6 Å². The lowest BCUT2D eigenvalue weighted by Gasteiger charge is -2.05. The third-order valence-electron chi connectivity index (χ3n) is 3.40. The van der Waals surface area contributed by atoms with Gasteiger partial charge in [0.15, 0.2) is 0 Å². The van der Waals surface area contributed by atoms with Crippen LogP contribution in [0.15, 0.2) is 54.9 Å². The molecule has 0 fully saturated rings. The van der Waals surface area contributed by atoms with E-state index in [1.165, 1.54) is 5.56 Å². The molecule has 2 nitrogen and oxygen atoms in total. The Bertz CT molecular complexity index is 846. The molecule has 3 heteroatoms. The number of nitrogens with zero attached hydrogens (tertiary/aromatic N) is 2. The molecule has 110 valence electrons. The largest absolute Gasteiger partial charge is 0.326 e. The van der Waals surface area contributed by atoms with E-state index in [2.05, 4.69) is 83.1 Å². The van der Waals surface area contributed by atoms with Gasteiger partial charge >= 0.3 is 0 Å². The molecule has 1 aromatic heterocycles. The summed E-state index contributed by atoms with van der Waals surface area (Å²) < 4.78 is 2.18. The van der Waals surface area contributed by atoms with Gasteiger partial charge in [-0.1, -0.05) is 55.9 Å². The van der Waals surface area contributed by atoms with E-state index in [9.17, 15) is 0 Å². The van der Waals surface area contributed by atoms with Gasteiger partial charge in [0.25, 0.3) is 0 Å². The molecule has 0 spiro atoms. The van der Waals surface area contributed by atoms with Crippen LogP contribution in [0.25, 0.3) is 11.0 Å². The molecule has 0 saturated carbocycles. The quantitative estimate of drug-likeness (QED) is 0.509. The Morgan fingerprint density at radius 2 is 1.82 bits per heavy atom. The number of fused-ring (bicyclic) bond motifs is 1. The van der Waals surface area contributed by atoms with Crippen molar-refractivity contribution in [3.8, 4) is 11.5 Å². The van der Waals surface area contributed by atoms with Crippen molar-refractivity contribution in [1.29, 1.82) is 0 Å². The van der Waals surface area contributed by atoms with Crippen LogP contribution in [-0.4, -0.2) is 17.6 Å². The van der Waals surface area contributed by atoms with Crippen molar-refractivity contribution in [2.75, 3.05) is 0 Å². The van der Waals surface area contributed by atoms with Crippen LogP contribution in [0, 0.1) is 11.5 Å². The molecule has 0 bridgehead atoms. The van der Waals surface area contributed by atoms with E-state index >= 15 is 0 Å². The molecule has 0 amide bonds. The minimum Gasteiger partial charge on any atom is -0.326 e. The molecule has 0 saturated heterocycles. The number of imidazole rings is 1. The highest BCUT2D eigenvalue weighted by molar-refractivity contribution is 6.83. The van der Waals surface area contributed by atoms with Crippen molar-refractivity contribution in [2.24, 2.45) is 0 Å². The summed E-state index contributed by atoms with van der Waals surface area (Å²) in [6.07, 6.45) is 1.91. The second-order valence-corrected chi connectivity index (χ2v) is 11.3. The summed E-state index contributed by atoms with van der Waals surface area (Å²) in [5, 5.41) is 0. The molecule has 0 aliphatic carbocycles. The van der Waals surface area contributed by atoms with E-state index in [1.54, 1.807) is 0 Å². The summed E-state index contributed by atoms with van der Waals surface area (Å²) in [6.45, 7) is 7.62. The smallest absolute Gasteiger partial charge is 0.129 e. The minimum absolute atomic E-state index is 0.845. The molecule has 0 aliphatic heterocycles. The van der Waals surface area contributed by atoms with Crippen molar-refractivity contribution in [3.05, 3.63) is 66.0 Å². The fourth-order valence-electron chi connectivity index (χ4n) is 2.31. The first kappa shape index (κ1) is 14.6. The number of aromatic nitrogens is 2. The maximum Gasteiger partial charge on any atom is 0.129 e. The van der Waals surface area contributed by atoms with Gasteiger partial charge in [-0.2, -0.15) is 0 Å². The molecule has 22 heavy (non-hydrogen) atoms. The Balaban J connectivity index is 1.91. The summed E-state index contributed by atoms with van der Waals surface area (Å²) in [5.74, 6) is 3.30. The third-order valence-corrected chi connectivity index (χ3v) is 4.27. The van der Waals surface area contributed by atoms with Crippen molar-refractivity contribution in [2.45, 2.75) is 26.2 Å². The van der Waals surface area contributed by atoms with Gasteiger partial charge in [-0.05, 0) is 23.8 Å². The first-order chi connectivity index (χ1) is 10.5. The molecule has 0 atom stereocenters. The Morgan fingerprint density at radius 1 is 1.05 bits per heavy atom. The van der Waals surface area contributed by atoms with Gasteiger partial charge in [0.05, 0.1) is 17.4 Å². The zero-order valence-electron chi connectivity index (χ0n) is 13.3. The van der Waals surface area contributed by atoms with Crippen LogP contribution in [0.5, 0.6) is 0 Å². The molecule has 1 heterocycles. The zero-order chi connectivity index (χ0) is 15.6. The summed E-state index contributed by atoms with van der Waals surface area (Å²) in [6, 6.07) is 16.8. The number of rotatable bonds is 2. The van der Waals surface area contributed by atoms with Gasteiger partial charge in [-0.25, -0.2) is 4.98 Å². The second kappa shape index (κ2) is 5.82. The number of hydrogen-bond acceptors (Lipinski definition) is 1. The number of benzene rings is 2. The van der Waals surface area contributed by atoms with E-state index < -0.39 is 8.07 Å². The third kappa shape index (κ3) is 3.47. The van der Waals surface area contributed by atoms with Crippen LogP contribution in [0.4, 0.5) is 0 Å². The molecule has 0 unspecified atom stereocenters. The van der Waals surface area contributed by atoms with E-state index in [0.717, 1.165) is 23.1 Å². The maximum atomic E-state index is 4.53. The Labute approximate surface area is 132 Å². The summed E-state index contributed by atoms with van der Waals surface area (Å²) in [5.41, 5.74) is 7.91. The van der Waals surface area contributed by atoms with E-state index in [-0.39, 0.29) is 0 Å². The monoisotopic (exact) mass is 304 g/mol. The standard InChI is InChI=1S/C19H20N2Si/c1-22(2,3)12-11-16-9-10-19-18(13-16)20-15-21(19)14-17-7-5-4-6-8-17/h4-10,13,15H,14H2,1-3H3. The van der Waals surface area contributed by atoms with Crippen LogP contribution >= 0.6 is 0 Å². The fourth-order valence-corrected chi connectivity index (χ4v) is 2.83. The van der Waals surface area contributed by atoms with E-state index in [0.29, 0.717) is 0 Å². The van der Waals surface area contributed by atoms with Gasteiger partial charge in [0.2, 0.25) is 0 Å². The van der Waals surface area contributed by atoms with Gasteiger partial charge < -0.3 is 4.57 Å². The predicted octanol–water partition coefficient (Wildman–Crippen LogP) is 4.31. The van der Waals surface area contributed by atoms with Crippen molar-refractivity contribution >= 4 is 19.1 Å². The molecule has 0 radical (unpaired) electrons. The zero-order valence-corrected chi connectivity index (χ0v) is 14.3. The van der Waals surface area contributed by atoms with Gasteiger partial charge in [-0.15, -0.1) is 5.54 Å². The summed E-state index contributed by atoms with van der Waals surface area (Å²) >= 11 is 0. The topological polar surface area (TPSA) is 17.8 Å². The molecule has 2 aromatic carbocycles. The van der Waals surface area contributed by atoms with Crippen molar-refractivity contribution in [1.82, 2.24) is 9.55 Å². The lowest BCUT2D eigenvalue weighted by molar-refractivity contribution is 0.824. The molecule has 3 rings (SSSR count). The molecule has 0 N–H and O–H groups in total. The minimum atomic E-state index is -1.34. The van der Waals surface area contributed by atoms with Crippen LogP contribution in [0.1, 0.15) is 11.1 Å². The van der Waals surface area contributed by atoms with Crippen molar-refractivity contribution in [3.63, 3.8) is 0 Å². The Morgan fingerprint density at radius 3 is 2.55 bits per heavy atom. The van der Waals surface area contributed by atoms with Gasteiger partial charge in [0, 0.05) is 12.1 Å². The van der Waals surface area contributed by atoms with Gasteiger partial charge in [-0.3, -0.25) is 0 Å². The highest BCUT2D eigenvalue weighted by Crippen LogP contribution is 2.16. The first-order valence-electron chi connectivity index (χ1n) is 7.53. The fraction of sp³-hybridized carbons (Fsp3) is 0.211. The lowest BCUT2D eigenvalue weighted by Crippen LogP contribution is -2.16. The van der Waals surface area contributed by atoms with Crippen LogP contribution in [-0.2, 0) is 6.54 Å². The highest BCUT2D eigenvalue weighted by Gasteiger charge is 2.08. The predicted molar refractivity (Wildman–Crippen MR) is 95.5 cm³/mol. The Hall–Kier alpha value is -2.31. The first-order valence-corrected chi connectivity index (χ1v) is 11.0. The van der Waals surface area contributed by atoms with Crippen LogP contribution < -0.4 is 0 Å². The van der Waals surface area contributed by atoms with Crippen molar-refractivity contribution < 1.29 is 0 Å². The molecule has 0 aliphatic rings. The average molecular weight is 304 g/mol.